The highest BCUT2D eigenvalue weighted by Gasteiger charge is 2.57. The highest BCUT2D eigenvalue weighted by molar-refractivity contribution is 7.80. The number of nitrogens with two attached hydrogens (primary N) is 2. The minimum absolute atomic E-state index is 0.0294. The topological polar surface area (TPSA) is 320 Å². The molecule has 2 atom stereocenters. The van der Waals surface area contributed by atoms with E-state index in [2.05, 4.69) is 25.1 Å². The van der Waals surface area contributed by atoms with E-state index in [9.17, 15) is 41.1 Å². The monoisotopic (exact) mass is 794 g/mol. The molecule has 9 N–H and O–H groups in total. The third-order valence-electron chi connectivity index (χ3n) is 7.25. The van der Waals surface area contributed by atoms with E-state index >= 15 is 0 Å². The van der Waals surface area contributed by atoms with Crippen LogP contribution in [-0.2, 0) is 45.2 Å². The maximum atomic E-state index is 13.3. The maximum absolute atomic E-state index is 13.3. The lowest BCUT2D eigenvalue weighted by Gasteiger charge is -2.50. The molecule has 0 saturated carbocycles. The van der Waals surface area contributed by atoms with E-state index in [4.69, 9.17) is 35.5 Å². The molecule has 25 heteroatoms. The number of nitrogens with zero attached hydrogens (tertiary/aromatic N) is 5. The fraction of sp³-hybridized carbons (Fsp3) is 0.393. The Kier molecular flexibility index (Phi) is 13.5. The Hall–Kier alpha value is -5.37. The molecule has 1 aliphatic heterocycles. The zero-order valence-corrected chi connectivity index (χ0v) is 29.3. The number of aliphatic carboxylic acids is 2. The number of ether oxygens (including phenoxy) is 1. The molecule has 1 aliphatic rings. The average molecular weight is 795 g/mol. The molecule has 3 aromatic rings. The van der Waals surface area contributed by atoms with E-state index < -0.39 is 76.5 Å². The van der Waals surface area contributed by atoms with Gasteiger partial charge in [-0.3, -0.25) is 14.1 Å². The number of β-lactam (4-membered cyclic amide) rings is 1. The highest BCUT2D eigenvalue weighted by atomic mass is 32.3. The Bertz CT molecular complexity index is 1950. The number of amides is 1. The number of halogens is 3. The van der Waals surface area contributed by atoms with Crippen LogP contribution in [0.2, 0.25) is 0 Å². The number of carbonyl (C=O) groups excluding carboxylic acids is 3. The van der Waals surface area contributed by atoms with E-state index in [0.717, 1.165) is 29.9 Å². The summed E-state index contributed by atoms with van der Waals surface area (Å²) < 4.78 is 74.5. The summed E-state index contributed by atoms with van der Waals surface area (Å²) in [4.78, 5) is 60.2. The summed E-state index contributed by atoms with van der Waals surface area (Å²) in [5, 5.41) is 24.2. The predicted molar refractivity (Wildman–Crippen MR) is 173 cm³/mol. The van der Waals surface area contributed by atoms with Gasteiger partial charge in [0.25, 0.3) is 12.0 Å². The first kappa shape index (κ1) is 42.0. The third kappa shape index (κ3) is 11.3. The number of quaternary nitrogens is 1. The Morgan fingerprint density at radius 3 is 2.30 bits per heavy atom. The predicted octanol–water partition coefficient (Wildman–Crippen LogP) is -0.715. The maximum Gasteiger partial charge on any atom is 0.430 e. The van der Waals surface area contributed by atoms with E-state index in [1.165, 1.54) is 19.2 Å². The van der Waals surface area contributed by atoms with E-state index in [1.54, 1.807) is 24.3 Å². The summed E-state index contributed by atoms with van der Waals surface area (Å²) in [6.07, 6.45) is -4.68. The number of hydrogen-bond acceptors (Lipinski definition) is 16. The summed E-state index contributed by atoms with van der Waals surface area (Å²) >= 11 is 0.981. The van der Waals surface area contributed by atoms with Crippen LogP contribution < -0.4 is 27.0 Å². The zero-order chi connectivity index (χ0) is 39.9. The molecule has 0 unspecified atom stereocenters. The van der Waals surface area contributed by atoms with Gasteiger partial charge in [0.1, 0.15) is 24.0 Å². The van der Waals surface area contributed by atoms with Crippen LogP contribution in [0, 0.1) is 5.92 Å². The normalized spacial score (nSPS) is 16.2. The first-order chi connectivity index (χ1) is 24.5. The molecule has 3 heterocycles. The summed E-state index contributed by atoms with van der Waals surface area (Å²) in [5.74, 6) is -6.50. The van der Waals surface area contributed by atoms with Gasteiger partial charge in [-0.05, 0) is 38.1 Å². The van der Waals surface area contributed by atoms with Crippen molar-refractivity contribution in [2.45, 2.75) is 51.1 Å². The van der Waals surface area contributed by atoms with E-state index in [-0.39, 0.29) is 10.8 Å². The van der Waals surface area contributed by atoms with Crippen molar-refractivity contribution in [1.29, 1.82) is 0 Å². The number of benzene rings is 1. The standard InChI is InChI=1S/C26H32N8O10S2.C2HF3O2/c1-26(2)16(22(36)34(26)44-46(39,40)41)10-19(35)21(18-13-45-25(29)31-18)32-43-20(23(37)38)12-42-15-6-4-14(5-7-15)17-11-33(9-3-8-27)24(28)30-17;3-2(4,5)1(6)7/h4-7,11,13,16,20H,3,8-10,12,27H2,1-2H3,(H2,28,30)(H2,29,31)(H,37,38)(H,39,40,41);(H,6,7)/b32-21-;/t16-,20+;/m1./s1. The Balaban J connectivity index is 0.000000980. The van der Waals surface area contributed by atoms with Crippen LogP contribution in [0.4, 0.5) is 24.3 Å². The van der Waals surface area contributed by atoms with Crippen molar-refractivity contribution in [3.05, 3.63) is 41.5 Å². The Morgan fingerprint density at radius 1 is 1.19 bits per heavy atom. The largest absolute Gasteiger partial charge is 0.542 e. The number of carboxylic acid groups (broad SMARTS) is 2. The van der Waals surface area contributed by atoms with Gasteiger partial charge in [-0.2, -0.15) is 26.7 Å². The van der Waals surface area contributed by atoms with Gasteiger partial charge in [0.2, 0.25) is 5.95 Å². The van der Waals surface area contributed by atoms with Crippen LogP contribution in [0.3, 0.4) is 0 Å². The van der Waals surface area contributed by atoms with Gasteiger partial charge in [0.15, 0.2) is 16.6 Å². The number of nitrogen functional groups attached to an aromatic ring is 2. The highest BCUT2D eigenvalue weighted by Crippen LogP contribution is 2.40. The molecule has 4 rings (SSSR count). The van der Waals surface area contributed by atoms with Gasteiger partial charge in [-0.25, -0.2) is 14.8 Å². The number of oxime groups is 1. The summed E-state index contributed by atoms with van der Waals surface area (Å²) in [5.41, 5.74) is 15.2. The summed E-state index contributed by atoms with van der Waals surface area (Å²) in [6, 6.07) is 6.68. The number of carboxylic acids is 2. The number of alkyl halides is 3. The second kappa shape index (κ2) is 17.0. The number of ketones is 1. The number of thiazole rings is 1. The van der Waals surface area contributed by atoms with Crippen LogP contribution in [0.25, 0.3) is 11.3 Å². The van der Waals surface area contributed by atoms with E-state index in [1.807, 2.05) is 10.8 Å². The number of Topliss-reactive ketones (excluding diaryl/α,β-unsaturated/α-hetero) is 1. The number of aromatic nitrogens is 3. The molecule has 1 saturated heterocycles. The first-order valence-electron chi connectivity index (χ1n) is 14.9. The number of rotatable bonds is 16. The van der Waals surface area contributed by atoms with Gasteiger partial charge >= 0.3 is 22.5 Å². The van der Waals surface area contributed by atoms with Crippen LogP contribution in [-0.4, -0.2) is 98.0 Å². The van der Waals surface area contributed by atoms with Crippen molar-refractivity contribution in [2.75, 3.05) is 24.6 Å². The molecule has 0 radical (unpaired) electrons. The molecular formula is C28H33F3N8O12S2. The molecule has 1 amide bonds. The number of hydrogen-bond donors (Lipinski definition) is 5. The smallest absolute Gasteiger partial charge is 0.430 e. The number of carbonyl (C=O) groups is 4. The van der Waals surface area contributed by atoms with E-state index in [0.29, 0.717) is 29.0 Å². The molecule has 0 bridgehead atoms. The summed E-state index contributed by atoms with van der Waals surface area (Å²) in [6.45, 7) is 3.79. The molecule has 53 heavy (non-hydrogen) atoms. The minimum Gasteiger partial charge on any atom is -0.542 e. The van der Waals surface area contributed by atoms with Gasteiger partial charge in [-0.15, -0.1) is 15.6 Å². The van der Waals surface area contributed by atoms with Crippen LogP contribution in [0.5, 0.6) is 5.75 Å². The Labute approximate surface area is 301 Å². The number of aryl methyl sites for hydroxylation is 1. The lowest BCUT2D eigenvalue weighted by Crippen LogP contribution is -2.68. The number of anilines is 2. The fourth-order valence-electron chi connectivity index (χ4n) is 4.47. The van der Waals surface area contributed by atoms with Crippen molar-refractivity contribution in [3.8, 4) is 17.0 Å². The Morgan fingerprint density at radius 2 is 1.81 bits per heavy atom. The molecule has 1 aromatic carbocycles. The number of imidazole rings is 1. The van der Waals surface area contributed by atoms with Crippen molar-refractivity contribution in [2.24, 2.45) is 11.1 Å². The second-order valence-electron chi connectivity index (χ2n) is 11.4. The quantitative estimate of drug-likeness (QED) is 0.0517. The molecular weight excluding hydrogens is 761 g/mol. The van der Waals surface area contributed by atoms with Crippen LogP contribution >= 0.6 is 11.3 Å². The molecule has 1 fully saturated rings. The van der Waals surface area contributed by atoms with Crippen molar-refractivity contribution < 1.29 is 75.1 Å². The minimum atomic E-state index is -5.19. The van der Waals surface area contributed by atoms with Gasteiger partial charge in [0, 0.05) is 36.5 Å². The summed E-state index contributed by atoms with van der Waals surface area (Å²) in [7, 11) is -4.99. The van der Waals surface area contributed by atoms with Crippen molar-refractivity contribution >= 4 is 62.2 Å². The molecule has 0 spiro atoms. The molecule has 20 nitrogen and oxygen atoms in total. The lowest BCUT2D eigenvalue weighted by molar-refractivity contribution is -0.368. The first-order valence-corrected chi connectivity index (χ1v) is 17.1. The SMILES string of the molecule is CC1(C)[C@H](CC(=O)/C(=N\O[C@@H](COc2ccc(-c3cn(CCC[NH3+])c(N)n3)cc2)C(=O)O)c2csc(N)n2)C(=O)N1OS(=O)(=O)O.O=C([O-])C(F)(F)F. The van der Waals surface area contributed by atoms with Crippen LogP contribution in [0.15, 0.2) is 41.0 Å². The molecule has 2 aromatic heterocycles. The average Bonchev–Trinajstić information content (AvgIpc) is 3.66. The van der Waals surface area contributed by atoms with Crippen molar-refractivity contribution in [3.63, 3.8) is 0 Å². The second-order valence-corrected chi connectivity index (χ2v) is 13.3. The van der Waals surface area contributed by atoms with Gasteiger partial charge < -0.3 is 46.4 Å². The zero-order valence-electron chi connectivity index (χ0n) is 27.7. The molecule has 0 aliphatic carbocycles. The van der Waals surface area contributed by atoms with Crippen LogP contribution in [0.1, 0.15) is 32.4 Å². The number of hydroxylamine groups is 2. The van der Waals surface area contributed by atoms with Gasteiger partial charge in [-0.1, -0.05) is 5.16 Å². The fourth-order valence-corrected chi connectivity index (χ4v) is 5.48. The van der Waals surface area contributed by atoms with Gasteiger partial charge in [0.05, 0.1) is 23.7 Å². The third-order valence-corrected chi connectivity index (χ3v) is 8.26. The lowest BCUT2D eigenvalue weighted by atomic mass is 9.74. The van der Waals surface area contributed by atoms with Crippen molar-refractivity contribution in [1.82, 2.24) is 19.6 Å². The molecule has 290 valence electrons.